The summed E-state index contributed by atoms with van der Waals surface area (Å²) in [7, 11) is 0. The zero-order valence-electron chi connectivity index (χ0n) is 27.0. The molecule has 0 atom stereocenters. The van der Waals surface area contributed by atoms with Gasteiger partial charge < -0.3 is 0 Å². The minimum atomic E-state index is 1.11. The number of hydrogen-bond acceptors (Lipinski definition) is 0. The molecule has 0 aromatic carbocycles. The zero-order valence-corrected chi connectivity index (χ0v) is 27.0. The number of allylic oxidation sites excluding steroid dienone is 28. The molecule has 214 valence electrons. The summed E-state index contributed by atoms with van der Waals surface area (Å²) in [5.74, 6) is 0. The molecule has 0 rings (SSSR count). The fourth-order valence-electron chi connectivity index (χ4n) is 3.18. The first-order valence-corrected chi connectivity index (χ1v) is 14.3. The van der Waals surface area contributed by atoms with Crippen LogP contribution >= 0.6 is 0 Å². The molecule has 0 aliphatic carbocycles. The van der Waals surface area contributed by atoms with Gasteiger partial charge in [-0.25, -0.2) is 0 Å². The second kappa shape index (κ2) is 23.3. The van der Waals surface area contributed by atoms with Crippen LogP contribution in [0.1, 0.15) is 82.1 Å². The van der Waals surface area contributed by atoms with Crippen molar-refractivity contribution in [2.75, 3.05) is 0 Å². The Labute approximate surface area is 247 Å². The Morgan fingerprint density at radius 2 is 0.675 bits per heavy atom. The van der Waals surface area contributed by atoms with Gasteiger partial charge >= 0.3 is 0 Å². The first-order valence-electron chi connectivity index (χ1n) is 14.3. The molecule has 0 heterocycles. The Bertz CT molecular complexity index is 1180. The van der Waals surface area contributed by atoms with E-state index in [0.717, 1.165) is 12.8 Å². The van der Waals surface area contributed by atoms with Gasteiger partial charge in [-0.05, 0) is 82.1 Å². The van der Waals surface area contributed by atoms with E-state index in [2.05, 4.69) is 191 Å². The molecule has 0 saturated heterocycles. The molecule has 0 aliphatic heterocycles. The molecule has 0 nitrogen and oxygen atoms in total. The molecule has 0 fully saturated rings. The van der Waals surface area contributed by atoms with Gasteiger partial charge in [-0.2, -0.15) is 0 Å². The van der Waals surface area contributed by atoms with Gasteiger partial charge in [-0.3, -0.25) is 0 Å². The van der Waals surface area contributed by atoms with E-state index in [1.54, 1.807) is 0 Å². The molecular weight excluding hydrogens is 480 g/mol. The molecule has 0 N–H and O–H groups in total. The Balaban J connectivity index is 4.75. The van der Waals surface area contributed by atoms with E-state index >= 15 is 0 Å². The van der Waals surface area contributed by atoms with E-state index in [0.29, 0.717) is 0 Å². The van der Waals surface area contributed by atoms with Gasteiger partial charge in [-0.1, -0.05) is 166 Å². The molecule has 0 bridgehead atoms. The molecule has 0 aromatic heterocycles. The summed E-state index contributed by atoms with van der Waals surface area (Å²) in [6.45, 7) is 21.3. The van der Waals surface area contributed by atoms with Crippen LogP contribution in [0.4, 0.5) is 0 Å². The van der Waals surface area contributed by atoms with Gasteiger partial charge in [0.1, 0.15) is 0 Å². The molecule has 0 spiro atoms. The van der Waals surface area contributed by atoms with Crippen molar-refractivity contribution in [2.45, 2.75) is 82.1 Å². The lowest BCUT2D eigenvalue weighted by molar-refractivity contribution is 0.967. The van der Waals surface area contributed by atoms with Crippen molar-refractivity contribution in [3.63, 3.8) is 0 Å². The first-order chi connectivity index (χ1) is 19.0. The average Bonchev–Trinajstić information content (AvgIpc) is 2.86. The Morgan fingerprint density at radius 3 is 1.02 bits per heavy atom. The highest BCUT2D eigenvalue weighted by Crippen LogP contribution is 2.08. The van der Waals surface area contributed by atoms with E-state index < -0.39 is 0 Å². The summed E-state index contributed by atoms with van der Waals surface area (Å²) < 4.78 is 0. The summed E-state index contributed by atoms with van der Waals surface area (Å²) in [6.07, 6.45) is 44.9. The molecule has 0 amide bonds. The first kappa shape index (κ1) is 36.4. The van der Waals surface area contributed by atoms with Crippen molar-refractivity contribution in [3.8, 4) is 0 Å². The molecule has 40 heavy (non-hydrogen) atoms. The van der Waals surface area contributed by atoms with Crippen molar-refractivity contribution in [1.29, 1.82) is 0 Å². The highest BCUT2D eigenvalue weighted by atomic mass is 13.9. The van der Waals surface area contributed by atoms with E-state index in [9.17, 15) is 0 Å². The van der Waals surface area contributed by atoms with Crippen LogP contribution in [0, 0.1) is 0 Å². The third-order valence-electron chi connectivity index (χ3n) is 5.60. The molecular formula is C40H54. The van der Waals surface area contributed by atoms with Gasteiger partial charge in [0, 0.05) is 0 Å². The van der Waals surface area contributed by atoms with Gasteiger partial charge in [0.15, 0.2) is 0 Å². The Hall–Kier alpha value is -3.64. The van der Waals surface area contributed by atoms with E-state index in [4.69, 9.17) is 0 Å². The smallest absolute Gasteiger partial charge is 0.0285 e. The van der Waals surface area contributed by atoms with E-state index in [1.165, 1.54) is 44.6 Å². The normalized spacial score (nSPS) is 15.2. The zero-order chi connectivity index (χ0) is 30.2. The third-order valence-corrected chi connectivity index (χ3v) is 5.60. The maximum Gasteiger partial charge on any atom is -0.0285 e. The Kier molecular flexibility index (Phi) is 21.1. The molecule has 0 aromatic rings. The minimum absolute atomic E-state index is 1.11. The van der Waals surface area contributed by atoms with Crippen molar-refractivity contribution in [2.24, 2.45) is 0 Å². The average molecular weight is 535 g/mol. The van der Waals surface area contributed by atoms with Crippen molar-refractivity contribution >= 4 is 0 Å². The topological polar surface area (TPSA) is 0 Å². The SMILES string of the molecule is CC(C)=CC=C/C(C)=C/C=C/C(C)=C/C=C/C(C)=C/C=C/C=C(C)/C=C/C=C(C)/C=C/C=C(\C)CCC=C(C)C. The second-order valence-corrected chi connectivity index (χ2v) is 10.8. The van der Waals surface area contributed by atoms with Crippen molar-refractivity contribution < 1.29 is 0 Å². The van der Waals surface area contributed by atoms with Gasteiger partial charge in [0.2, 0.25) is 0 Å². The lowest BCUT2D eigenvalue weighted by Gasteiger charge is -1.96. The maximum atomic E-state index is 2.30. The van der Waals surface area contributed by atoms with Crippen LogP contribution in [0.5, 0.6) is 0 Å². The summed E-state index contributed by atoms with van der Waals surface area (Å²) in [5.41, 5.74) is 10.2. The summed E-state index contributed by atoms with van der Waals surface area (Å²) >= 11 is 0. The summed E-state index contributed by atoms with van der Waals surface area (Å²) in [6, 6.07) is 0. The van der Waals surface area contributed by atoms with E-state index in [1.807, 2.05) is 0 Å². The van der Waals surface area contributed by atoms with Gasteiger partial charge in [-0.15, -0.1) is 0 Å². The van der Waals surface area contributed by atoms with Crippen LogP contribution in [-0.2, 0) is 0 Å². The molecule has 0 saturated carbocycles. The summed E-state index contributed by atoms with van der Waals surface area (Å²) in [5, 5.41) is 0. The number of rotatable bonds is 15. The molecule has 0 radical (unpaired) electrons. The second-order valence-electron chi connectivity index (χ2n) is 10.8. The van der Waals surface area contributed by atoms with Crippen LogP contribution < -0.4 is 0 Å². The predicted octanol–water partition coefficient (Wildman–Crippen LogP) is 12.7. The third kappa shape index (κ3) is 24.7. The molecule has 0 unspecified atom stereocenters. The quantitative estimate of drug-likeness (QED) is 0.145. The van der Waals surface area contributed by atoms with Gasteiger partial charge in [0.25, 0.3) is 0 Å². The van der Waals surface area contributed by atoms with Crippen LogP contribution in [-0.4, -0.2) is 0 Å². The monoisotopic (exact) mass is 534 g/mol. The molecule has 0 heteroatoms. The Morgan fingerprint density at radius 1 is 0.350 bits per heavy atom. The van der Waals surface area contributed by atoms with Crippen LogP contribution in [0.25, 0.3) is 0 Å². The summed E-state index contributed by atoms with van der Waals surface area (Å²) in [4.78, 5) is 0. The maximum absolute atomic E-state index is 2.30. The standard InChI is InChI=1S/C40H54/c1-33(2)19-13-23-37(7)27-17-31-39(9)29-15-25-35(5)21-11-12-22-36(6)26-16-30-40(10)32-18-28-38(8)24-14-20-34(3)4/h11-13,15-23,25-32H,14,24H2,1-10H3/b12-11+,23-13?,25-15+,26-16+,31-17+,32-18+,35-21+,36-22+,37-27+,38-28+,39-29+,40-30+. The lowest BCUT2D eigenvalue weighted by Crippen LogP contribution is -1.76. The highest BCUT2D eigenvalue weighted by molar-refractivity contribution is 5.33. The van der Waals surface area contributed by atoms with Crippen molar-refractivity contribution in [1.82, 2.24) is 0 Å². The van der Waals surface area contributed by atoms with Crippen molar-refractivity contribution in [3.05, 3.63) is 166 Å². The van der Waals surface area contributed by atoms with Crippen LogP contribution in [0.15, 0.2) is 166 Å². The fourth-order valence-corrected chi connectivity index (χ4v) is 3.18. The van der Waals surface area contributed by atoms with E-state index in [-0.39, 0.29) is 0 Å². The van der Waals surface area contributed by atoms with Gasteiger partial charge in [0.05, 0.1) is 0 Å². The highest BCUT2D eigenvalue weighted by Gasteiger charge is 1.87. The fraction of sp³-hybridized carbons (Fsp3) is 0.300. The molecule has 0 aliphatic rings. The number of hydrogen-bond donors (Lipinski definition) is 0. The van der Waals surface area contributed by atoms with Crippen LogP contribution in [0.2, 0.25) is 0 Å². The van der Waals surface area contributed by atoms with Crippen LogP contribution in [0.3, 0.4) is 0 Å². The predicted molar refractivity (Wildman–Crippen MR) is 185 cm³/mol. The largest absolute Gasteiger partial charge is 0.0856 e. The lowest BCUT2D eigenvalue weighted by atomic mass is 10.1. The minimum Gasteiger partial charge on any atom is -0.0856 e.